The summed E-state index contributed by atoms with van der Waals surface area (Å²) in [6.45, 7) is 3.38. The number of para-hydroxylation sites is 1. The van der Waals surface area contributed by atoms with Crippen molar-refractivity contribution in [2.24, 2.45) is 0 Å². The lowest BCUT2D eigenvalue weighted by Gasteiger charge is -2.21. The van der Waals surface area contributed by atoms with Gasteiger partial charge in [0.1, 0.15) is 0 Å². The van der Waals surface area contributed by atoms with Crippen molar-refractivity contribution >= 4 is 16.8 Å². The van der Waals surface area contributed by atoms with Crippen LogP contribution in [-0.4, -0.2) is 39.6 Å². The maximum absolute atomic E-state index is 12.4. The van der Waals surface area contributed by atoms with Crippen LogP contribution in [0.5, 0.6) is 0 Å². The fraction of sp³-hybridized carbons (Fsp3) is 0.471. The Morgan fingerprint density at radius 2 is 2.04 bits per heavy atom. The SMILES string of the molecule is CCN(CCC(F)(F)F)C(=O)CCn1cnc2c(C)cccc2c1=O. The maximum Gasteiger partial charge on any atom is 0.390 e. The molecule has 0 bridgehead atoms. The van der Waals surface area contributed by atoms with Gasteiger partial charge in [-0.2, -0.15) is 13.2 Å². The zero-order valence-corrected chi connectivity index (χ0v) is 14.1. The second-order valence-corrected chi connectivity index (χ2v) is 5.80. The van der Waals surface area contributed by atoms with Gasteiger partial charge in [-0.05, 0) is 25.5 Å². The first-order chi connectivity index (χ1) is 11.7. The summed E-state index contributed by atoms with van der Waals surface area (Å²) in [4.78, 5) is 29.9. The van der Waals surface area contributed by atoms with Crippen LogP contribution < -0.4 is 5.56 Å². The number of nitrogens with zero attached hydrogens (tertiary/aromatic N) is 3. The van der Waals surface area contributed by atoms with E-state index in [0.29, 0.717) is 10.9 Å². The van der Waals surface area contributed by atoms with Crippen molar-refractivity contribution in [1.82, 2.24) is 14.5 Å². The third kappa shape index (κ3) is 4.80. The third-order valence-corrected chi connectivity index (χ3v) is 4.02. The number of aryl methyl sites for hydroxylation is 2. The van der Waals surface area contributed by atoms with Gasteiger partial charge in [0.05, 0.1) is 23.7 Å². The fourth-order valence-electron chi connectivity index (χ4n) is 2.59. The zero-order chi connectivity index (χ0) is 18.6. The van der Waals surface area contributed by atoms with E-state index in [9.17, 15) is 22.8 Å². The van der Waals surface area contributed by atoms with Gasteiger partial charge in [0, 0.05) is 26.1 Å². The highest BCUT2D eigenvalue weighted by atomic mass is 19.4. The van der Waals surface area contributed by atoms with Crippen LogP contribution in [-0.2, 0) is 11.3 Å². The molecule has 1 amide bonds. The van der Waals surface area contributed by atoms with Gasteiger partial charge in [0.15, 0.2) is 0 Å². The molecule has 2 aromatic rings. The molecule has 0 spiro atoms. The van der Waals surface area contributed by atoms with Crippen LogP contribution in [0.25, 0.3) is 10.9 Å². The lowest BCUT2D eigenvalue weighted by atomic mass is 10.1. The zero-order valence-electron chi connectivity index (χ0n) is 14.1. The van der Waals surface area contributed by atoms with Crippen molar-refractivity contribution in [3.63, 3.8) is 0 Å². The number of aromatic nitrogens is 2. The summed E-state index contributed by atoms with van der Waals surface area (Å²) in [6.07, 6.45) is -4.02. The smallest absolute Gasteiger partial charge is 0.343 e. The molecule has 25 heavy (non-hydrogen) atoms. The van der Waals surface area contributed by atoms with Crippen LogP contribution in [0.3, 0.4) is 0 Å². The predicted octanol–water partition coefficient (Wildman–Crippen LogP) is 2.90. The Labute approximate surface area is 143 Å². The molecule has 0 aliphatic carbocycles. The number of carbonyl (C=O) groups is 1. The van der Waals surface area contributed by atoms with Crippen LogP contribution in [0.15, 0.2) is 29.3 Å². The molecule has 0 atom stereocenters. The van der Waals surface area contributed by atoms with Crippen molar-refractivity contribution in [3.05, 3.63) is 40.4 Å². The van der Waals surface area contributed by atoms with E-state index in [0.717, 1.165) is 10.5 Å². The molecule has 0 aliphatic rings. The molecule has 0 N–H and O–H groups in total. The monoisotopic (exact) mass is 355 g/mol. The number of rotatable bonds is 6. The number of fused-ring (bicyclic) bond motifs is 1. The van der Waals surface area contributed by atoms with Gasteiger partial charge in [-0.1, -0.05) is 12.1 Å². The molecule has 0 aliphatic heterocycles. The number of hydrogen-bond donors (Lipinski definition) is 0. The summed E-state index contributed by atoms with van der Waals surface area (Å²) in [5, 5.41) is 0.458. The number of alkyl halides is 3. The molecule has 2 rings (SSSR count). The molecule has 136 valence electrons. The Morgan fingerprint density at radius 3 is 2.68 bits per heavy atom. The van der Waals surface area contributed by atoms with E-state index in [1.54, 1.807) is 19.1 Å². The lowest BCUT2D eigenvalue weighted by Crippen LogP contribution is -2.35. The Hall–Kier alpha value is -2.38. The van der Waals surface area contributed by atoms with Crippen molar-refractivity contribution < 1.29 is 18.0 Å². The third-order valence-electron chi connectivity index (χ3n) is 4.02. The van der Waals surface area contributed by atoms with Gasteiger partial charge in [-0.3, -0.25) is 14.2 Å². The topological polar surface area (TPSA) is 55.2 Å². The molecule has 1 heterocycles. The van der Waals surface area contributed by atoms with Gasteiger partial charge in [0.2, 0.25) is 5.91 Å². The van der Waals surface area contributed by atoms with Crippen LogP contribution in [0.4, 0.5) is 13.2 Å². The summed E-state index contributed by atoms with van der Waals surface area (Å²) in [5.41, 5.74) is 1.22. The lowest BCUT2D eigenvalue weighted by molar-refractivity contribution is -0.145. The molecular formula is C17H20F3N3O2. The number of carbonyl (C=O) groups excluding carboxylic acids is 1. The summed E-state index contributed by atoms with van der Waals surface area (Å²) >= 11 is 0. The van der Waals surface area contributed by atoms with Crippen LogP contribution in [0, 0.1) is 6.92 Å². The van der Waals surface area contributed by atoms with Gasteiger partial charge >= 0.3 is 6.18 Å². The first-order valence-electron chi connectivity index (χ1n) is 8.02. The standard InChI is InChI=1S/C17H20F3N3O2/c1-3-22(10-8-17(18,19)20)14(24)7-9-23-11-21-15-12(2)5-4-6-13(15)16(23)25/h4-6,11H,3,7-10H2,1-2H3. The van der Waals surface area contributed by atoms with E-state index in [-0.39, 0.29) is 31.6 Å². The minimum Gasteiger partial charge on any atom is -0.343 e. The van der Waals surface area contributed by atoms with E-state index in [1.807, 2.05) is 13.0 Å². The Balaban J connectivity index is 2.07. The Kier molecular flexibility index (Phi) is 5.81. The minimum atomic E-state index is -4.30. The number of halogens is 3. The second kappa shape index (κ2) is 7.67. The summed E-state index contributed by atoms with van der Waals surface area (Å²) < 4.78 is 38.2. The summed E-state index contributed by atoms with van der Waals surface area (Å²) in [5.74, 6) is -0.414. The summed E-state index contributed by atoms with van der Waals surface area (Å²) in [6, 6.07) is 5.27. The number of amides is 1. The first-order valence-corrected chi connectivity index (χ1v) is 8.02. The first kappa shape index (κ1) is 19.0. The molecule has 0 saturated carbocycles. The van der Waals surface area contributed by atoms with E-state index < -0.39 is 18.5 Å². The van der Waals surface area contributed by atoms with E-state index in [1.165, 1.54) is 10.9 Å². The molecule has 5 nitrogen and oxygen atoms in total. The molecule has 8 heteroatoms. The molecular weight excluding hydrogens is 335 g/mol. The normalized spacial score (nSPS) is 11.7. The van der Waals surface area contributed by atoms with E-state index in [4.69, 9.17) is 0 Å². The van der Waals surface area contributed by atoms with Crippen molar-refractivity contribution in [1.29, 1.82) is 0 Å². The van der Waals surface area contributed by atoms with Crippen molar-refractivity contribution in [3.8, 4) is 0 Å². The minimum absolute atomic E-state index is 0.0510. The predicted molar refractivity (Wildman–Crippen MR) is 88.3 cm³/mol. The average molecular weight is 355 g/mol. The molecule has 0 fully saturated rings. The van der Waals surface area contributed by atoms with Crippen LogP contribution >= 0.6 is 0 Å². The second-order valence-electron chi connectivity index (χ2n) is 5.80. The van der Waals surface area contributed by atoms with Crippen molar-refractivity contribution in [2.45, 2.75) is 39.4 Å². The van der Waals surface area contributed by atoms with Gasteiger partial charge in [-0.15, -0.1) is 0 Å². The molecule has 0 unspecified atom stereocenters. The summed E-state index contributed by atoms with van der Waals surface area (Å²) in [7, 11) is 0. The molecule has 0 radical (unpaired) electrons. The Bertz CT molecular complexity index is 815. The highest BCUT2D eigenvalue weighted by Crippen LogP contribution is 2.20. The molecule has 0 saturated heterocycles. The number of hydrogen-bond acceptors (Lipinski definition) is 3. The average Bonchev–Trinajstić information content (AvgIpc) is 2.54. The van der Waals surface area contributed by atoms with Crippen LogP contribution in [0.1, 0.15) is 25.3 Å². The van der Waals surface area contributed by atoms with Gasteiger partial charge < -0.3 is 4.90 Å². The Morgan fingerprint density at radius 1 is 1.32 bits per heavy atom. The van der Waals surface area contributed by atoms with E-state index >= 15 is 0 Å². The highest BCUT2D eigenvalue weighted by Gasteiger charge is 2.28. The number of benzene rings is 1. The maximum atomic E-state index is 12.4. The highest BCUT2D eigenvalue weighted by molar-refractivity contribution is 5.80. The van der Waals surface area contributed by atoms with Gasteiger partial charge in [0.25, 0.3) is 5.56 Å². The largest absolute Gasteiger partial charge is 0.390 e. The van der Waals surface area contributed by atoms with Gasteiger partial charge in [-0.25, -0.2) is 4.98 Å². The quantitative estimate of drug-likeness (QED) is 0.801. The van der Waals surface area contributed by atoms with E-state index in [2.05, 4.69) is 4.98 Å². The van der Waals surface area contributed by atoms with Crippen LogP contribution in [0.2, 0.25) is 0 Å². The van der Waals surface area contributed by atoms with Crippen molar-refractivity contribution in [2.75, 3.05) is 13.1 Å². The molecule has 1 aromatic heterocycles. The molecule has 1 aromatic carbocycles. The fourth-order valence-corrected chi connectivity index (χ4v) is 2.59.